The van der Waals surface area contributed by atoms with Crippen molar-refractivity contribution >= 4 is 28.8 Å². The Morgan fingerprint density at radius 1 is 1.23 bits per heavy atom. The van der Waals surface area contributed by atoms with Gasteiger partial charge in [-0.05, 0) is 49.6 Å². The maximum Gasteiger partial charge on any atom is 0.261 e. The second kappa shape index (κ2) is 9.49. The van der Waals surface area contributed by atoms with Crippen molar-refractivity contribution in [3.63, 3.8) is 0 Å². The summed E-state index contributed by atoms with van der Waals surface area (Å²) in [6, 6.07) is 14.9. The number of thiazole rings is 1. The summed E-state index contributed by atoms with van der Waals surface area (Å²) in [6.07, 6.45) is 2.97. The summed E-state index contributed by atoms with van der Waals surface area (Å²) in [5, 5.41) is 3.56. The van der Waals surface area contributed by atoms with Gasteiger partial charge in [-0.15, -0.1) is 11.3 Å². The van der Waals surface area contributed by atoms with Gasteiger partial charge in [0, 0.05) is 22.5 Å². The highest BCUT2D eigenvalue weighted by molar-refractivity contribution is 7.10. The number of nitrogens with zero attached hydrogens (tertiary/aromatic N) is 2. The Bertz CT molecular complexity index is 1010. The Balaban J connectivity index is 1.52. The molecule has 0 N–H and O–H groups in total. The molecule has 30 heavy (non-hydrogen) atoms. The Labute approximate surface area is 185 Å². The first-order valence-corrected chi connectivity index (χ1v) is 11.2. The minimum absolute atomic E-state index is 0.0133. The molecule has 1 aliphatic heterocycles. The molecule has 156 valence electrons. The lowest BCUT2D eigenvalue weighted by atomic mass is 10.0. The molecule has 5 nitrogen and oxygen atoms in total. The van der Waals surface area contributed by atoms with Crippen molar-refractivity contribution in [3.05, 3.63) is 63.9 Å². The monoisotopic (exact) mass is 442 g/mol. The highest BCUT2D eigenvalue weighted by atomic mass is 35.5. The quantitative estimate of drug-likeness (QED) is 0.498. The lowest BCUT2D eigenvalue weighted by Crippen LogP contribution is -2.41. The van der Waals surface area contributed by atoms with Crippen molar-refractivity contribution in [2.75, 3.05) is 20.3 Å². The molecule has 0 spiro atoms. The van der Waals surface area contributed by atoms with E-state index in [1.807, 2.05) is 52.7 Å². The van der Waals surface area contributed by atoms with E-state index in [1.165, 1.54) is 0 Å². The van der Waals surface area contributed by atoms with Crippen LogP contribution < -0.4 is 9.47 Å². The Morgan fingerprint density at radius 2 is 2.07 bits per heavy atom. The molecule has 0 saturated carbocycles. The van der Waals surface area contributed by atoms with Gasteiger partial charge >= 0.3 is 0 Å². The number of carbonyl (C=O) groups is 1. The van der Waals surface area contributed by atoms with E-state index in [0.717, 1.165) is 47.8 Å². The van der Waals surface area contributed by atoms with E-state index in [9.17, 15) is 4.79 Å². The number of para-hydroxylation sites is 1. The number of aromatic nitrogens is 1. The Morgan fingerprint density at radius 3 is 2.87 bits per heavy atom. The molecule has 1 fully saturated rings. The third kappa shape index (κ3) is 4.60. The molecule has 1 amide bonds. The second-order valence-corrected chi connectivity index (χ2v) is 8.44. The summed E-state index contributed by atoms with van der Waals surface area (Å²) < 4.78 is 11.2. The molecule has 2 aromatic carbocycles. The zero-order valence-electron chi connectivity index (χ0n) is 16.7. The third-order valence-electron chi connectivity index (χ3n) is 5.17. The number of hydrogen-bond donors (Lipinski definition) is 0. The lowest BCUT2D eigenvalue weighted by molar-refractivity contribution is -0.137. The van der Waals surface area contributed by atoms with Crippen LogP contribution in [-0.4, -0.2) is 36.1 Å². The zero-order valence-corrected chi connectivity index (χ0v) is 18.3. The van der Waals surface area contributed by atoms with Gasteiger partial charge < -0.3 is 14.4 Å². The van der Waals surface area contributed by atoms with E-state index in [1.54, 1.807) is 24.5 Å². The number of halogens is 1. The first-order valence-electron chi connectivity index (χ1n) is 9.92. The van der Waals surface area contributed by atoms with Crippen molar-refractivity contribution in [1.82, 2.24) is 9.88 Å². The molecular weight excluding hydrogens is 420 g/mol. The predicted molar refractivity (Wildman–Crippen MR) is 119 cm³/mol. The summed E-state index contributed by atoms with van der Waals surface area (Å²) in [4.78, 5) is 19.7. The first kappa shape index (κ1) is 20.7. The lowest BCUT2D eigenvalue weighted by Gasteiger charge is -2.34. The van der Waals surface area contributed by atoms with Gasteiger partial charge in [-0.25, -0.2) is 4.98 Å². The van der Waals surface area contributed by atoms with Crippen molar-refractivity contribution in [3.8, 4) is 22.8 Å². The number of rotatable bonds is 6. The van der Waals surface area contributed by atoms with Gasteiger partial charge in [0.25, 0.3) is 5.91 Å². The molecule has 7 heteroatoms. The second-order valence-electron chi connectivity index (χ2n) is 7.12. The van der Waals surface area contributed by atoms with Crippen LogP contribution in [0.15, 0.2) is 53.9 Å². The van der Waals surface area contributed by atoms with E-state index in [4.69, 9.17) is 26.1 Å². The zero-order chi connectivity index (χ0) is 20.9. The highest BCUT2D eigenvalue weighted by Gasteiger charge is 2.30. The molecule has 1 aliphatic rings. The summed E-state index contributed by atoms with van der Waals surface area (Å²) in [7, 11) is 1.63. The van der Waals surface area contributed by atoms with Crippen molar-refractivity contribution in [2.45, 2.75) is 25.3 Å². The maximum atomic E-state index is 12.9. The molecule has 2 heterocycles. The highest BCUT2D eigenvalue weighted by Crippen LogP contribution is 2.38. The minimum Gasteiger partial charge on any atom is -0.496 e. The van der Waals surface area contributed by atoms with Crippen molar-refractivity contribution in [2.24, 2.45) is 0 Å². The fourth-order valence-corrected chi connectivity index (χ4v) is 4.81. The number of amides is 1. The standard InChI is InChI=1S/C23H23ClN2O3S/c1-28-21-11-10-16(24)13-18(21)19-15-30-23(25-19)20-9-5-6-12-26(20)22(27)14-29-17-7-3-2-4-8-17/h2-4,7-8,10-11,13,15,20H,5-6,9,12,14H2,1H3/t20-/m1/s1. The van der Waals surface area contributed by atoms with Gasteiger partial charge in [0.15, 0.2) is 6.61 Å². The van der Waals surface area contributed by atoms with E-state index in [-0.39, 0.29) is 18.6 Å². The predicted octanol–water partition coefficient (Wildman–Crippen LogP) is 5.60. The summed E-state index contributed by atoms with van der Waals surface area (Å²) >= 11 is 7.75. The summed E-state index contributed by atoms with van der Waals surface area (Å²) in [6.45, 7) is 0.748. The molecule has 0 radical (unpaired) electrons. The van der Waals surface area contributed by atoms with Crippen LogP contribution in [0.4, 0.5) is 0 Å². The molecule has 0 aliphatic carbocycles. The van der Waals surface area contributed by atoms with Gasteiger partial charge in [-0.2, -0.15) is 0 Å². The van der Waals surface area contributed by atoms with E-state index < -0.39 is 0 Å². The molecule has 0 bridgehead atoms. The minimum atomic E-state index is -0.0328. The fraction of sp³-hybridized carbons (Fsp3) is 0.304. The normalized spacial score (nSPS) is 16.3. The molecule has 0 unspecified atom stereocenters. The van der Waals surface area contributed by atoms with Crippen LogP contribution in [0.5, 0.6) is 11.5 Å². The van der Waals surface area contributed by atoms with Crippen LogP contribution in [0.2, 0.25) is 5.02 Å². The van der Waals surface area contributed by atoms with Crippen LogP contribution in [0, 0.1) is 0 Å². The smallest absolute Gasteiger partial charge is 0.261 e. The molecular formula is C23H23ClN2O3S. The number of methoxy groups -OCH3 is 1. The number of ether oxygens (including phenoxy) is 2. The molecule has 4 rings (SSSR count). The Hall–Kier alpha value is -2.57. The van der Waals surface area contributed by atoms with Crippen LogP contribution in [-0.2, 0) is 4.79 Å². The average molecular weight is 443 g/mol. The first-order chi connectivity index (χ1) is 14.7. The number of piperidine rings is 1. The van der Waals surface area contributed by atoms with Gasteiger partial charge in [0.2, 0.25) is 0 Å². The topological polar surface area (TPSA) is 51.7 Å². The molecule has 3 aromatic rings. The van der Waals surface area contributed by atoms with Crippen LogP contribution in [0.1, 0.15) is 30.3 Å². The van der Waals surface area contributed by atoms with Crippen LogP contribution >= 0.6 is 22.9 Å². The third-order valence-corrected chi connectivity index (χ3v) is 6.35. The molecule has 1 saturated heterocycles. The average Bonchev–Trinajstić information content (AvgIpc) is 3.28. The number of likely N-dealkylation sites (tertiary alicyclic amines) is 1. The van der Waals surface area contributed by atoms with Gasteiger partial charge in [-0.1, -0.05) is 29.8 Å². The van der Waals surface area contributed by atoms with Crippen LogP contribution in [0.3, 0.4) is 0 Å². The van der Waals surface area contributed by atoms with Gasteiger partial charge in [0.05, 0.1) is 18.8 Å². The van der Waals surface area contributed by atoms with E-state index in [2.05, 4.69) is 0 Å². The fourth-order valence-electron chi connectivity index (χ4n) is 3.68. The van der Waals surface area contributed by atoms with Crippen molar-refractivity contribution in [1.29, 1.82) is 0 Å². The van der Waals surface area contributed by atoms with Gasteiger partial charge in [-0.3, -0.25) is 4.79 Å². The van der Waals surface area contributed by atoms with Gasteiger partial charge in [0.1, 0.15) is 16.5 Å². The number of hydrogen-bond acceptors (Lipinski definition) is 5. The summed E-state index contributed by atoms with van der Waals surface area (Å²) in [5.74, 6) is 1.41. The number of benzene rings is 2. The SMILES string of the molecule is COc1ccc(Cl)cc1-c1csc([C@H]2CCCCN2C(=O)COc2ccccc2)n1. The molecule has 1 aromatic heterocycles. The Kier molecular flexibility index (Phi) is 6.55. The molecule has 1 atom stereocenters. The van der Waals surface area contributed by atoms with E-state index in [0.29, 0.717) is 10.8 Å². The number of carbonyl (C=O) groups excluding carboxylic acids is 1. The largest absolute Gasteiger partial charge is 0.496 e. The van der Waals surface area contributed by atoms with E-state index >= 15 is 0 Å². The summed E-state index contributed by atoms with van der Waals surface area (Å²) in [5.41, 5.74) is 1.67. The van der Waals surface area contributed by atoms with Crippen molar-refractivity contribution < 1.29 is 14.3 Å². The van der Waals surface area contributed by atoms with Crippen LogP contribution in [0.25, 0.3) is 11.3 Å². The maximum absolute atomic E-state index is 12.9.